The van der Waals surface area contributed by atoms with Gasteiger partial charge in [0.15, 0.2) is 6.61 Å². The van der Waals surface area contributed by atoms with Crippen LogP contribution >= 0.6 is 0 Å². The van der Waals surface area contributed by atoms with Gasteiger partial charge in [-0.2, -0.15) is 0 Å². The van der Waals surface area contributed by atoms with Gasteiger partial charge in [0.2, 0.25) is 5.91 Å². The van der Waals surface area contributed by atoms with Gasteiger partial charge in [0.1, 0.15) is 17.6 Å². The summed E-state index contributed by atoms with van der Waals surface area (Å²) in [6.45, 7) is 8.31. The summed E-state index contributed by atoms with van der Waals surface area (Å²) < 4.78 is 18.6. The lowest BCUT2D eigenvalue weighted by Gasteiger charge is -2.29. The second-order valence-electron chi connectivity index (χ2n) is 7.51. The molecule has 1 unspecified atom stereocenters. The maximum absolute atomic E-state index is 13.0. The summed E-state index contributed by atoms with van der Waals surface area (Å²) in [5.41, 5.74) is 2.01. The van der Waals surface area contributed by atoms with Crippen LogP contribution in [0.3, 0.4) is 0 Å². The predicted molar refractivity (Wildman–Crippen MR) is 111 cm³/mol. The Morgan fingerprint density at radius 1 is 1.07 bits per heavy atom. The number of benzene rings is 2. The molecule has 0 aliphatic rings. The van der Waals surface area contributed by atoms with Gasteiger partial charge in [0, 0.05) is 13.1 Å². The average Bonchev–Trinajstić information content (AvgIpc) is 2.70. The lowest BCUT2D eigenvalue weighted by molar-refractivity contribution is -0.142. The molecule has 0 aliphatic carbocycles. The SMILES string of the molecule is Cc1ccccc1CN(C(=O)COc1ccc(F)cc1)C(C)C(=O)NCC(C)C. The molecule has 0 aromatic heterocycles. The molecule has 0 heterocycles. The van der Waals surface area contributed by atoms with Crippen LogP contribution in [-0.4, -0.2) is 35.9 Å². The summed E-state index contributed by atoms with van der Waals surface area (Å²) in [4.78, 5) is 27.0. The van der Waals surface area contributed by atoms with Crippen molar-refractivity contribution in [3.8, 4) is 5.75 Å². The first-order chi connectivity index (χ1) is 13.8. The van der Waals surface area contributed by atoms with Crippen molar-refractivity contribution in [3.05, 3.63) is 65.5 Å². The fourth-order valence-electron chi connectivity index (χ4n) is 2.76. The number of nitrogens with zero attached hydrogens (tertiary/aromatic N) is 1. The van der Waals surface area contributed by atoms with E-state index in [1.165, 1.54) is 29.2 Å². The van der Waals surface area contributed by atoms with E-state index in [0.717, 1.165) is 11.1 Å². The summed E-state index contributed by atoms with van der Waals surface area (Å²) in [6.07, 6.45) is 0. The normalized spacial score (nSPS) is 11.8. The topological polar surface area (TPSA) is 58.6 Å². The number of nitrogens with one attached hydrogen (secondary N) is 1. The number of carbonyl (C=O) groups is 2. The minimum absolute atomic E-state index is 0.206. The highest BCUT2D eigenvalue weighted by atomic mass is 19.1. The second-order valence-corrected chi connectivity index (χ2v) is 7.51. The Labute approximate surface area is 171 Å². The third kappa shape index (κ3) is 6.89. The fourth-order valence-corrected chi connectivity index (χ4v) is 2.76. The zero-order chi connectivity index (χ0) is 21.4. The molecule has 1 atom stereocenters. The van der Waals surface area contributed by atoms with Crippen molar-refractivity contribution in [2.45, 2.75) is 40.3 Å². The zero-order valence-electron chi connectivity index (χ0n) is 17.4. The number of carbonyl (C=O) groups excluding carboxylic acids is 2. The van der Waals surface area contributed by atoms with Crippen molar-refractivity contribution < 1.29 is 18.7 Å². The van der Waals surface area contributed by atoms with Crippen LogP contribution in [0.5, 0.6) is 5.75 Å². The summed E-state index contributed by atoms with van der Waals surface area (Å²) in [5, 5.41) is 2.88. The van der Waals surface area contributed by atoms with E-state index in [2.05, 4.69) is 5.32 Å². The molecule has 29 heavy (non-hydrogen) atoms. The number of ether oxygens (including phenoxy) is 1. The Kier molecular flexibility index (Phi) is 8.19. The molecule has 0 saturated carbocycles. The van der Waals surface area contributed by atoms with E-state index in [9.17, 15) is 14.0 Å². The van der Waals surface area contributed by atoms with Gasteiger partial charge in [-0.1, -0.05) is 38.1 Å². The molecular weight excluding hydrogens is 371 g/mol. The molecule has 156 valence electrons. The number of halogens is 1. The first-order valence-corrected chi connectivity index (χ1v) is 9.78. The minimum atomic E-state index is -0.655. The van der Waals surface area contributed by atoms with Crippen LogP contribution < -0.4 is 10.1 Å². The molecule has 5 nitrogen and oxygen atoms in total. The summed E-state index contributed by atoms with van der Waals surface area (Å²) >= 11 is 0. The van der Waals surface area contributed by atoms with E-state index >= 15 is 0 Å². The van der Waals surface area contributed by atoms with E-state index in [-0.39, 0.29) is 24.2 Å². The van der Waals surface area contributed by atoms with Crippen LogP contribution in [0.15, 0.2) is 48.5 Å². The maximum atomic E-state index is 13.0. The first kappa shape index (κ1) is 22.4. The first-order valence-electron chi connectivity index (χ1n) is 9.78. The smallest absolute Gasteiger partial charge is 0.261 e. The largest absolute Gasteiger partial charge is 0.484 e. The molecule has 0 radical (unpaired) electrons. The highest BCUT2D eigenvalue weighted by Crippen LogP contribution is 2.15. The number of rotatable bonds is 9. The van der Waals surface area contributed by atoms with Gasteiger partial charge >= 0.3 is 0 Å². The van der Waals surface area contributed by atoms with E-state index < -0.39 is 6.04 Å². The molecule has 6 heteroatoms. The van der Waals surface area contributed by atoms with E-state index in [0.29, 0.717) is 24.8 Å². The van der Waals surface area contributed by atoms with Crippen LogP contribution in [0, 0.1) is 18.7 Å². The monoisotopic (exact) mass is 400 g/mol. The Morgan fingerprint density at radius 3 is 2.34 bits per heavy atom. The van der Waals surface area contributed by atoms with Gasteiger partial charge in [-0.05, 0) is 55.2 Å². The Hall–Kier alpha value is -2.89. The molecule has 0 bridgehead atoms. The van der Waals surface area contributed by atoms with Gasteiger partial charge in [-0.3, -0.25) is 9.59 Å². The third-order valence-corrected chi connectivity index (χ3v) is 4.63. The third-order valence-electron chi connectivity index (χ3n) is 4.63. The molecule has 0 saturated heterocycles. The molecule has 2 aromatic carbocycles. The van der Waals surface area contributed by atoms with E-state index in [4.69, 9.17) is 4.74 Å². The number of amides is 2. The highest BCUT2D eigenvalue weighted by Gasteiger charge is 2.26. The summed E-state index contributed by atoms with van der Waals surface area (Å²) in [7, 11) is 0. The van der Waals surface area contributed by atoms with Gasteiger partial charge < -0.3 is 15.0 Å². The quantitative estimate of drug-likeness (QED) is 0.698. The molecule has 0 aliphatic heterocycles. The second kappa shape index (κ2) is 10.6. The minimum Gasteiger partial charge on any atom is -0.484 e. The lowest BCUT2D eigenvalue weighted by Crippen LogP contribution is -2.49. The van der Waals surface area contributed by atoms with Crippen LogP contribution in [-0.2, 0) is 16.1 Å². The van der Waals surface area contributed by atoms with Crippen LogP contribution in [0.1, 0.15) is 31.9 Å². The van der Waals surface area contributed by atoms with Crippen molar-refractivity contribution in [1.29, 1.82) is 0 Å². The zero-order valence-corrected chi connectivity index (χ0v) is 17.4. The van der Waals surface area contributed by atoms with Crippen molar-refractivity contribution in [1.82, 2.24) is 10.2 Å². The van der Waals surface area contributed by atoms with Gasteiger partial charge in [0.05, 0.1) is 0 Å². The van der Waals surface area contributed by atoms with Gasteiger partial charge in [-0.25, -0.2) is 4.39 Å². The molecule has 0 fully saturated rings. The van der Waals surface area contributed by atoms with E-state index in [1.807, 2.05) is 45.0 Å². The van der Waals surface area contributed by atoms with Crippen molar-refractivity contribution >= 4 is 11.8 Å². The van der Waals surface area contributed by atoms with Crippen molar-refractivity contribution in [2.24, 2.45) is 5.92 Å². The van der Waals surface area contributed by atoms with Crippen molar-refractivity contribution in [3.63, 3.8) is 0 Å². The number of hydrogen-bond acceptors (Lipinski definition) is 3. The van der Waals surface area contributed by atoms with Gasteiger partial charge in [-0.15, -0.1) is 0 Å². The van der Waals surface area contributed by atoms with Crippen LogP contribution in [0.4, 0.5) is 4.39 Å². The molecule has 2 aromatic rings. The molecule has 1 N–H and O–H groups in total. The standard InChI is InChI=1S/C23H29FN2O3/c1-16(2)13-25-23(28)18(4)26(14-19-8-6-5-7-17(19)3)22(27)15-29-21-11-9-20(24)10-12-21/h5-12,16,18H,13-15H2,1-4H3,(H,25,28). The Morgan fingerprint density at radius 2 is 1.72 bits per heavy atom. The number of hydrogen-bond donors (Lipinski definition) is 1. The van der Waals surface area contributed by atoms with Crippen molar-refractivity contribution in [2.75, 3.05) is 13.2 Å². The molecule has 0 spiro atoms. The highest BCUT2D eigenvalue weighted by molar-refractivity contribution is 5.88. The summed E-state index contributed by atoms with van der Waals surface area (Å²) in [6, 6.07) is 12.6. The molecular formula is C23H29FN2O3. The Balaban J connectivity index is 2.13. The molecule has 2 amide bonds. The Bertz CT molecular complexity index is 821. The predicted octanol–water partition coefficient (Wildman–Crippen LogP) is 3.70. The average molecular weight is 400 g/mol. The lowest BCUT2D eigenvalue weighted by atomic mass is 10.1. The maximum Gasteiger partial charge on any atom is 0.261 e. The van der Waals surface area contributed by atoms with E-state index in [1.54, 1.807) is 6.92 Å². The number of aryl methyl sites for hydroxylation is 1. The van der Waals surface area contributed by atoms with Gasteiger partial charge in [0.25, 0.3) is 5.91 Å². The van der Waals surface area contributed by atoms with Crippen LogP contribution in [0.25, 0.3) is 0 Å². The van der Waals surface area contributed by atoms with Crippen LogP contribution in [0.2, 0.25) is 0 Å². The summed E-state index contributed by atoms with van der Waals surface area (Å²) in [5.74, 6) is -0.187. The fraction of sp³-hybridized carbons (Fsp3) is 0.391. The molecule has 2 rings (SSSR count).